The topological polar surface area (TPSA) is 55.4 Å². The molecular weight excluding hydrogens is 326 g/mol. The number of halogens is 1. The molecule has 1 aliphatic rings. The number of hydrogen-bond acceptors (Lipinski definition) is 3. The van der Waals surface area contributed by atoms with Gasteiger partial charge in [0.15, 0.2) is 5.60 Å². The highest BCUT2D eigenvalue weighted by Crippen LogP contribution is 2.31. The zero-order chi connectivity index (χ0) is 17.5. The van der Waals surface area contributed by atoms with Gasteiger partial charge in [0.25, 0.3) is 5.91 Å². The summed E-state index contributed by atoms with van der Waals surface area (Å²) in [5.41, 5.74) is 2.61. The molecule has 0 aliphatic carbocycles. The summed E-state index contributed by atoms with van der Waals surface area (Å²) in [6.45, 7) is 5.49. The third-order valence-electron chi connectivity index (χ3n) is 4.25. The van der Waals surface area contributed by atoms with Gasteiger partial charge in [0.05, 0.1) is 5.56 Å². The monoisotopic (exact) mass is 343 g/mol. The first kappa shape index (κ1) is 16.5. The van der Waals surface area contributed by atoms with Gasteiger partial charge in [-0.05, 0) is 61.7 Å². The van der Waals surface area contributed by atoms with E-state index in [2.05, 4.69) is 5.32 Å². The zero-order valence-electron chi connectivity index (χ0n) is 13.8. The van der Waals surface area contributed by atoms with E-state index in [0.29, 0.717) is 16.3 Å². The predicted octanol–water partition coefficient (Wildman–Crippen LogP) is 4.07. The summed E-state index contributed by atoms with van der Waals surface area (Å²) in [6.07, 6.45) is 0.283. The molecule has 1 heterocycles. The number of hydrogen-bond donors (Lipinski definition) is 1. The molecule has 1 atom stereocenters. The maximum atomic E-state index is 12.8. The molecule has 5 heteroatoms. The Hall–Kier alpha value is -2.33. The fourth-order valence-corrected chi connectivity index (χ4v) is 3.01. The molecule has 3 rings (SSSR count). The van der Waals surface area contributed by atoms with Crippen LogP contribution < -0.4 is 5.32 Å². The highest BCUT2D eigenvalue weighted by atomic mass is 35.5. The lowest BCUT2D eigenvalue weighted by molar-refractivity contribution is -0.134. The first-order chi connectivity index (χ1) is 11.3. The molecule has 1 N–H and O–H groups in total. The Morgan fingerprint density at radius 1 is 1.21 bits per heavy atom. The highest BCUT2D eigenvalue weighted by Gasteiger charge is 2.42. The van der Waals surface area contributed by atoms with Gasteiger partial charge < -0.3 is 10.1 Å². The molecule has 0 saturated heterocycles. The number of anilines is 1. The first-order valence-corrected chi connectivity index (χ1v) is 8.07. The molecule has 0 bridgehead atoms. The number of ether oxygens (including phenoxy) is 1. The second kappa shape index (κ2) is 5.95. The second-order valence-corrected chi connectivity index (χ2v) is 6.81. The zero-order valence-corrected chi connectivity index (χ0v) is 14.5. The summed E-state index contributed by atoms with van der Waals surface area (Å²) in [4.78, 5) is 25.0. The van der Waals surface area contributed by atoms with Crippen molar-refractivity contribution < 1.29 is 14.3 Å². The van der Waals surface area contributed by atoms with Crippen molar-refractivity contribution in [1.82, 2.24) is 0 Å². The molecule has 2 aromatic carbocycles. The number of carbonyl (C=O) groups is 2. The second-order valence-electron chi connectivity index (χ2n) is 6.37. The van der Waals surface area contributed by atoms with E-state index in [9.17, 15) is 9.59 Å². The van der Waals surface area contributed by atoms with Crippen LogP contribution in [0.3, 0.4) is 0 Å². The van der Waals surface area contributed by atoms with E-state index in [1.165, 1.54) is 0 Å². The summed E-state index contributed by atoms with van der Waals surface area (Å²) < 4.78 is 5.45. The lowest BCUT2D eigenvalue weighted by atomic mass is 9.89. The summed E-state index contributed by atoms with van der Waals surface area (Å²) in [5.74, 6) is -0.860. The van der Waals surface area contributed by atoms with Crippen molar-refractivity contribution in [1.29, 1.82) is 0 Å². The number of esters is 1. The minimum absolute atomic E-state index is 0.283. The van der Waals surface area contributed by atoms with Crippen LogP contribution in [0.1, 0.15) is 34.0 Å². The van der Waals surface area contributed by atoms with Crippen LogP contribution in [-0.4, -0.2) is 17.5 Å². The van der Waals surface area contributed by atoms with Gasteiger partial charge in [-0.3, -0.25) is 4.79 Å². The largest absolute Gasteiger partial charge is 0.445 e. The van der Waals surface area contributed by atoms with Gasteiger partial charge in [-0.2, -0.15) is 0 Å². The van der Waals surface area contributed by atoms with Gasteiger partial charge in [-0.1, -0.05) is 23.7 Å². The molecule has 0 fully saturated rings. The molecule has 1 aliphatic heterocycles. The molecule has 1 unspecified atom stereocenters. The van der Waals surface area contributed by atoms with E-state index in [4.69, 9.17) is 16.3 Å². The van der Waals surface area contributed by atoms with Gasteiger partial charge in [-0.15, -0.1) is 0 Å². The maximum absolute atomic E-state index is 12.8. The Labute approximate surface area is 145 Å². The lowest BCUT2D eigenvalue weighted by Crippen LogP contribution is -2.49. The summed E-state index contributed by atoms with van der Waals surface area (Å²) in [7, 11) is 0. The average molecular weight is 344 g/mol. The van der Waals surface area contributed by atoms with Gasteiger partial charge >= 0.3 is 5.97 Å². The van der Waals surface area contributed by atoms with Crippen LogP contribution in [0.25, 0.3) is 0 Å². The van der Waals surface area contributed by atoms with Gasteiger partial charge in [0, 0.05) is 17.1 Å². The molecule has 0 saturated carbocycles. The number of aryl methyl sites for hydroxylation is 2. The van der Waals surface area contributed by atoms with Crippen molar-refractivity contribution in [3.05, 3.63) is 63.7 Å². The predicted molar refractivity (Wildman–Crippen MR) is 93.5 cm³/mol. The standard InChI is InChI=1S/C19H18ClNO3/c1-11-4-5-12(2)16(8-11)21-18(23)19(3)10-13-9-14(20)6-7-15(13)17(22)24-19/h4-9H,10H2,1-3H3,(H,21,23). The van der Waals surface area contributed by atoms with Crippen LogP contribution in [0.4, 0.5) is 5.69 Å². The van der Waals surface area contributed by atoms with Crippen LogP contribution in [0.2, 0.25) is 5.02 Å². The minimum atomic E-state index is -1.27. The van der Waals surface area contributed by atoms with E-state index < -0.39 is 11.6 Å². The SMILES string of the molecule is Cc1ccc(C)c(NC(=O)C2(C)Cc3cc(Cl)ccc3C(=O)O2)c1. The average Bonchev–Trinajstić information content (AvgIpc) is 2.50. The van der Waals surface area contributed by atoms with Gasteiger partial charge in [-0.25, -0.2) is 4.79 Å². The van der Waals surface area contributed by atoms with Crippen molar-refractivity contribution in [2.45, 2.75) is 32.8 Å². The quantitative estimate of drug-likeness (QED) is 0.836. The summed E-state index contributed by atoms with van der Waals surface area (Å²) in [6, 6.07) is 10.8. The molecule has 1 amide bonds. The van der Waals surface area contributed by atoms with E-state index in [1.54, 1.807) is 25.1 Å². The molecule has 24 heavy (non-hydrogen) atoms. The van der Waals surface area contributed by atoms with E-state index in [-0.39, 0.29) is 12.3 Å². The van der Waals surface area contributed by atoms with Crippen LogP contribution in [0.5, 0.6) is 0 Å². The van der Waals surface area contributed by atoms with E-state index in [1.807, 2.05) is 32.0 Å². The van der Waals surface area contributed by atoms with Crippen LogP contribution in [0, 0.1) is 13.8 Å². The number of carbonyl (C=O) groups excluding carboxylic acids is 2. The number of nitrogens with one attached hydrogen (secondary N) is 1. The summed E-state index contributed by atoms with van der Waals surface area (Å²) in [5, 5.41) is 3.41. The fourth-order valence-electron chi connectivity index (χ4n) is 2.82. The number of rotatable bonds is 2. The maximum Gasteiger partial charge on any atom is 0.339 e. The Kier molecular flexibility index (Phi) is 4.10. The van der Waals surface area contributed by atoms with Crippen LogP contribution in [0.15, 0.2) is 36.4 Å². The number of amides is 1. The van der Waals surface area contributed by atoms with Crippen molar-refractivity contribution in [3.8, 4) is 0 Å². The number of fused-ring (bicyclic) bond motifs is 1. The number of cyclic esters (lactones) is 1. The van der Waals surface area contributed by atoms with Gasteiger partial charge in [0.1, 0.15) is 0 Å². The van der Waals surface area contributed by atoms with Gasteiger partial charge in [0.2, 0.25) is 0 Å². The lowest BCUT2D eigenvalue weighted by Gasteiger charge is -2.33. The minimum Gasteiger partial charge on any atom is -0.445 e. The third-order valence-corrected chi connectivity index (χ3v) is 4.49. The smallest absolute Gasteiger partial charge is 0.339 e. The molecule has 4 nitrogen and oxygen atoms in total. The molecule has 2 aromatic rings. The Balaban J connectivity index is 1.89. The fraction of sp³-hybridized carbons (Fsp3) is 0.263. The van der Waals surface area contributed by atoms with Crippen molar-refractivity contribution >= 4 is 29.2 Å². The van der Waals surface area contributed by atoms with Crippen molar-refractivity contribution in [2.24, 2.45) is 0 Å². The Morgan fingerprint density at radius 2 is 1.96 bits per heavy atom. The number of benzene rings is 2. The van der Waals surface area contributed by atoms with Crippen molar-refractivity contribution in [2.75, 3.05) is 5.32 Å². The summed E-state index contributed by atoms with van der Waals surface area (Å²) >= 11 is 6.01. The molecule has 0 aromatic heterocycles. The third kappa shape index (κ3) is 3.02. The van der Waals surface area contributed by atoms with Crippen molar-refractivity contribution in [3.63, 3.8) is 0 Å². The highest BCUT2D eigenvalue weighted by molar-refractivity contribution is 6.30. The first-order valence-electron chi connectivity index (χ1n) is 7.69. The van der Waals surface area contributed by atoms with E-state index in [0.717, 1.165) is 16.7 Å². The molecule has 124 valence electrons. The van der Waals surface area contributed by atoms with E-state index >= 15 is 0 Å². The van der Waals surface area contributed by atoms with Crippen LogP contribution in [-0.2, 0) is 16.0 Å². The normalized spacial score (nSPS) is 19.4. The van der Waals surface area contributed by atoms with Crippen LogP contribution >= 0.6 is 11.6 Å². The Bertz CT molecular complexity index is 847. The Morgan fingerprint density at radius 3 is 2.71 bits per heavy atom. The molecule has 0 spiro atoms. The molecule has 0 radical (unpaired) electrons. The molecular formula is C19H18ClNO3.